The molecule has 3 N–H and O–H groups in total. The fraction of sp³-hybridized carbons (Fsp3) is 0.385. The SMILES string of the molecule is CCN/C(=C\C(=C/CO)c1ccnc2[nH]c(-c3ccc(C(F)(F)F)nc3)cc12)N1CCCCC1C(F)(F)F. The van der Waals surface area contributed by atoms with E-state index in [0.29, 0.717) is 58.6 Å². The molecule has 0 aromatic carbocycles. The second-order valence-corrected chi connectivity index (χ2v) is 8.88. The number of nitrogens with one attached hydrogen (secondary N) is 2. The van der Waals surface area contributed by atoms with Gasteiger partial charge >= 0.3 is 12.4 Å². The van der Waals surface area contributed by atoms with Gasteiger partial charge in [0, 0.05) is 42.1 Å². The van der Waals surface area contributed by atoms with Gasteiger partial charge in [0.05, 0.1) is 6.61 Å². The number of hydrogen-bond donors (Lipinski definition) is 3. The Morgan fingerprint density at radius 2 is 1.95 bits per heavy atom. The first-order valence-corrected chi connectivity index (χ1v) is 12.1. The quantitative estimate of drug-likeness (QED) is 0.258. The van der Waals surface area contributed by atoms with Gasteiger partial charge in [0.15, 0.2) is 0 Å². The molecule has 0 aliphatic carbocycles. The van der Waals surface area contributed by atoms with Crippen LogP contribution in [0.4, 0.5) is 26.3 Å². The van der Waals surface area contributed by atoms with Crippen LogP contribution in [0.5, 0.6) is 0 Å². The highest BCUT2D eigenvalue weighted by molar-refractivity contribution is 5.95. The number of pyridine rings is 2. The van der Waals surface area contributed by atoms with Gasteiger partial charge in [-0.2, -0.15) is 26.3 Å². The molecule has 38 heavy (non-hydrogen) atoms. The maximum Gasteiger partial charge on any atom is 0.433 e. The van der Waals surface area contributed by atoms with Crippen LogP contribution in [-0.4, -0.2) is 56.9 Å². The van der Waals surface area contributed by atoms with E-state index in [0.717, 1.165) is 12.3 Å². The number of alkyl halides is 6. The lowest BCUT2D eigenvalue weighted by Crippen LogP contribution is -2.50. The second-order valence-electron chi connectivity index (χ2n) is 8.88. The number of nitrogens with zero attached hydrogens (tertiary/aromatic N) is 3. The standard InChI is InChI=1S/C26H27F6N5O/c1-2-33-23(37-11-4-3-5-22(37)26(30,31)32)13-16(9-12-38)18-8-10-34-24-19(18)14-20(36-24)17-6-7-21(35-15-17)25(27,28)29/h6-10,13-15,22,33,38H,2-5,11-12H2,1H3,(H,34,36)/b16-9+,23-13+. The van der Waals surface area contributed by atoms with Crippen LogP contribution in [0.25, 0.3) is 27.9 Å². The first-order chi connectivity index (χ1) is 18.0. The number of allylic oxidation sites excluding steroid dienone is 2. The number of likely N-dealkylation sites (tertiary alicyclic amines) is 1. The molecule has 0 bridgehead atoms. The van der Waals surface area contributed by atoms with E-state index < -0.39 is 24.1 Å². The molecule has 3 aromatic rings. The van der Waals surface area contributed by atoms with Crippen molar-refractivity contribution in [2.24, 2.45) is 0 Å². The van der Waals surface area contributed by atoms with Crippen molar-refractivity contribution < 1.29 is 31.4 Å². The van der Waals surface area contributed by atoms with E-state index in [1.165, 1.54) is 23.2 Å². The fourth-order valence-corrected chi connectivity index (χ4v) is 4.62. The summed E-state index contributed by atoms with van der Waals surface area (Å²) in [6, 6.07) is 3.91. The maximum absolute atomic E-state index is 13.8. The summed E-state index contributed by atoms with van der Waals surface area (Å²) < 4.78 is 80.2. The Balaban J connectivity index is 1.76. The van der Waals surface area contributed by atoms with E-state index in [9.17, 15) is 31.4 Å². The minimum atomic E-state index is -4.56. The van der Waals surface area contributed by atoms with Crippen LogP contribution in [0.15, 0.2) is 54.6 Å². The number of aromatic nitrogens is 3. The van der Waals surface area contributed by atoms with Crippen molar-refractivity contribution in [2.75, 3.05) is 19.7 Å². The second kappa shape index (κ2) is 11.1. The molecule has 0 amide bonds. The van der Waals surface area contributed by atoms with Crippen molar-refractivity contribution in [3.63, 3.8) is 0 Å². The van der Waals surface area contributed by atoms with Gasteiger partial charge < -0.3 is 20.3 Å². The smallest absolute Gasteiger partial charge is 0.392 e. The molecule has 1 aliphatic rings. The summed E-state index contributed by atoms with van der Waals surface area (Å²) in [4.78, 5) is 12.2. The average molecular weight is 540 g/mol. The van der Waals surface area contributed by atoms with Gasteiger partial charge in [-0.1, -0.05) is 6.08 Å². The van der Waals surface area contributed by atoms with Crippen molar-refractivity contribution in [3.05, 3.63) is 65.9 Å². The zero-order valence-corrected chi connectivity index (χ0v) is 20.5. The highest BCUT2D eigenvalue weighted by atomic mass is 19.4. The molecule has 1 aliphatic heterocycles. The molecule has 0 spiro atoms. The van der Waals surface area contributed by atoms with E-state index in [1.54, 1.807) is 25.1 Å². The molecule has 0 saturated carbocycles. The van der Waals surface area contributed by atoms with Gasteiger partial charge in [-0.05, 0) is 67.7 Å². The van der Waals surface area contributed by atoms with Crippen LogP contribution < -0.4 is 5.32 Å². The third-order valence-electron chi connectivity index (χ3n) is 6.36. The van der Waals surface area contributed by atoms with Gasteiger partial charge in [-0.3, -0.25) is 4.98 Å². The molecule has 4 rings (SSSR count). The van der Waals surface area contributed by atoms with Crippen molar-refractivity contribution >= 4 is 16.6 Å². The Labute approximate surface area is 215 Å². The number of fused-ring (bicyclic) bond motifs is 1. The van der Waals surface area contributed by atoms with Gasteiger partial charge in [-0.25, -0.2) is 4.98 Å². The molecule has 1 fully saturated rings. The van der Waals surface area contributed by atoms with Crippen LogP contribution in [-0.2, 0) is 6.18 Å². The number of aromatic amines is 1. The first-order valence-electron chi connectivity index (χ1n) is 12.1. The summed E-state index contributed by atoms with van der Waals surface area (Å²) in [5.74, 6) is 0.293. The molecule has 1 unspecified atom stereocenters. The number of aliphatic hydroxyl groups excluding tert-OH is 1. The highest BCUT2D eigenvalue weighted by Crippen LogP contribution is 2.36. The van der Waals surface area contributed by atoms with E-state index in [4.69, 9.17) is 0 Å². The zero-order chi connectivity index (χ0) is 27.5. The topological polar surface area (TPSA) is 77.1 Å². The van der Waals surface area contributed by atoms with Crippen LogP contribution in [0.1, 0.15) is 37.4 Å². The molecule has 1 atom stereocenters. The fourth-order valence-electron chi connectivity index (χ4n) is 4.62. The monoisotopic (exact) mass is 539 g/mol. The van der Waals surface area contributed by atoms with Crippen molar-refractivity contribution in [1.82, 2.24) is 25.2 Å². The molecule has 1 saturated heterocycles. The van der Waals surface area contributed by atoms with E-state index in [1.807, 2.05) is 0 Å². The van der Waals surface area contributed by atoms with Gasteiger partial charge in [0.25, 0.3) is 0 Å². The number of hydrogen-bond acceptors (Lipinski definition) is 5. The Hall–Kier alpha value is -3.54. The molecular weight excluding hydrogens is 512 g/mol. The zero-order valence-electron chi connectivity index (χ0n) is 20.5. The predicted octanol–water partition coefficient (Wildman–Crippen LogP) is 5.89. The van der Waals surface area contributed by atoms with Gasteiger partial charge in [0.1, 0.15) is 23.2 Å². The summed E-state index contributed by atoms with van der Waals surface area (Å²) in [5, 5.41) is 13.4. The molecule has 4 heterocycles. The summed E-state index contributed by atoms with van der Waals surface area (Å²) in [7, 11) is 0. The molecule has 12 heteroatoms. The Morgan fingerprint density at radius 1 is 1.16 bits per heavy atom. The van der Waals surface area contributed by atoms with Crippen LogP contribution in [0, 0.1) is 0 Å². The van der Waals surface area contributed by atoms with E-state index >= 15 is 0 Å². The van der Waals surface area contributed by atoms with Gasteiger partial charge in [0.2, 0.25) is 0 Å². The maximum atomic E-state index is 13.8. The number of halogens is 6. The lowest BCUT2D eigenvalue weighted by atomic mass is 9.99. The largest absolute Gasteiger partial charge is 0.433 e. The lowest BCUT2D eigenvalue weighted by molar-refractivity contribution is -0.186. The predicted molar refractivity (Wildman–Crippen MR) is 132 cm³/mol. The molecular formula is C26H27F6N5O. The van der Waals surface area contributed by atoms with Crippen LogP contribution in [0.2, 0.25) is 0 Å². The third kappa shape index (κ3) is 5.95. The third-order valence-corrected chi connectivity index (χ3v) is 6.36. The Kier molecular flexibility index (Phi) is 8.00. The molecule has 6 nitrogen and oxygen atoms in total. The Bertz CT molecular complexity index is 1310. The van der Waals surface area contributed by atoms with E-state index in [2.05, 4.69) is 20.3 Å². The Morgan fingerprint density at radius 3 is 2.58 bits per heavy atom. The van der Waals surface area contributed by atoms with Gasteiger partial charge in [-0.15, -0.1) is 0 Å². The minimum Gasteiger partial charge on any atom is -0.392 e. The van der Waals surface area contributed by atoms with Crippen LogP contribution >= 0.6 is 0 Å². The molecule has 3 aromatic heterocycles. The first kappa shape index (κ1) is 27.5. The molecule has 0 radical (unpaired) electrons. The number of rotatable bonds is 7. The highest BCUT2D eigenvalue weighted by Gasteiger charge is 2.45. The summed E-state index contributed by atoms with van der Waals surface area (Å²) >= 11 is 0. The van der Waals surface area contributed by atoms with Crippen molar-refractivity contribution in [1.29, 1.82) is 0 Å². The minimum absolute atomic E-state index is 0.00683. The normalized spacial score (nSPS) is 17.8. The number of piperidine rings is 1. The van der Waals surface area contributed by atoms with Crippen molar-refractivity contribution in [3.8, 4) is 11.3 Å². The summed E-state index contributed by atoms with van der Waals surface area (Å²) in [6.07, 6.45) is -2.17. The van der Waals surface area contributed by atoms with Crippen LogP contribution in [0.3, 0.4) is 0 Å². The van der Waals surface area contributed by atoms with E-state index in [-0.39, 0.29) is 19.6 Å². The number of H-pyrrole nitrogens is 1. The lowest BCUT2D eigenvalue weighted by Gasteiger charge is -2.40. The molecule has 204 valence electrons. The summed E-state index contributed by atoms with van der Waals surface area (Å²) in [5.41, 5.74) is 1.33. The average Bonchev–Trinajstić information content (AvgIpc) is 3.32. The van der Waals surface area contributed by atoms with Crippen molar-refractivity contribution in [2.45, 2.75) is 44.6 Å². The summed E-state index contributed by atoms with van der Waals surface area (Å²) in [6.45, 7) is 2.05. The number of aliphatic hydroxyl groups is 1.